The quantitative estimate of drug-likeness (QED) is 0.536. The van der Waals surface area contributed by atoms with Crippen molar-refractivity contribution in [3.05, 3.63) is 15.5 Å². The Morgan fingerprint density at radius 3 is 3.09 bits per heavy atom. The molecule has 0 spiro atoms. The van der Waals surface area contributed by atoms with Gasteiger partial charge in [0.05, 0.1) is 6.54 Å². The third-order valence-corrected chi connectivity index (χ3v) is 2.25. The lowest BCUT2D eigenvalue weighted by molar-refractivity contribution is 0.353. The molecule has 1 aromatic heterocycles. The Labute approximate surface area is 74.3 Å². The smallest absolute Gasteiger partial charge is 0.183 e. The van der Waals surface area contributed by atoms with Crippen molar-refractivity contribution in [3.8, 4) is 0 Å². The monoisotopic (exact) mass is 189 g/mol. The molecule has 0 unspecified atom stereocenters. The molecular formula is C6H8ClN3S. The van der Waals surface area contributed by atoms with Crippen molar-refractivity contribution in [2.45, 2.75) is 6.54 Å². The van der Waals surface area contributed by atoms with Crippen LogP contribution in [0.5, 0.6) is 0 Å². The van der Waals surface area contributed by atoms with E-state index in [0.29, 0.717) is 11.0 Å². The molecule has 5 heteroatoms. The highest BCUT2D eigenvalue weighted by Crippen LogP contribution is 2.18. The summed E-state index contributed by atoms with van der Waals surface area (Å²) in [7, 11) is 1.85. The van der Waals surface area contributed by atoms with Crippen molar-refractivity contribution in [3.63, 3.8) is 0 Å². The van der Waals surface area contributed by atoms with Gasteiger partial charge in [0.2, 0.25) is 0 Å². The van der Waals surface area contributed by atoms with Gasteiger partial charge in [0, 0.05) is 24.8 Å². The third-order valence-electron chi connectivity index (χ3n) is 1.15. The Balaban J connectivity index is 2.57. The third kappa shape index (κ3) is 2.48. The molecule has 0 bridgehead atoms. The van der Waals surface area contributed by atoms with Crippen LogP contribution in [0, 0.1) is 0 Å². The van der Waals surface area contributed by atoms with Gasteiger partial charge >= 0.3 is 0 Å². The van der Waals surface area contributed by atoms with E-state index in [0.717, 1.165) is 4.88 Å². The summed E-state index contributed by atoms with van der Waals surface area (Å²) in [5.74, 6) is 0. The van der Waals surface area contributed by atoms with Crippen molar-refractivity contribution >= 4 is 29.7 Å². The van der Waals surface area contributed by atoms with E-state index in [2.05, 4.69) is 16.8 Å². The second-order valence-corrected chi connectivity index (χ2v) is 3.73. The summed E-state index contributed by atoms with van der Waals surface area (Å²) in [6, 6.07) is 0. The van der Waals surface area contributed by atoms with Gasteiger partial charge in [0.25, 0.3) is 0 Å². The molecule has 1 aromatic rings. The number of hydrogen-bond acceptors (Lipinski definition) is 4. The fraction of sp³-hybridized carbons (Fsp3) is 0.333. The summed E-state index contributed by atoms with van der Waals surface area (Å²) in [6.45, 7) is 4.11. The first-order chi connectivity index (χ1) is 5.22. The minimum absolute atomic E-state index is 0.567. The SMILES string of the molecule is C=NN(C)Cc1cnc(Cl)s1. The maximum absolute atomic E-state index is 5.63. The van der Waals surface area contributed by atoms with E-state index in [1.165, 1.54) is 11.3 Å². The van der Waals surface area contributed by atoms with Crippen LogP contribution in [0.2, 0.25) is 4.47 Å². The van der Waals surface area contributed by atoms with Crippen LogP contribution in [0.4, 0.5) is 0 Å². The van der Waals surface area contributed by atoms with Gasteiger partial charge in [-0.25, -0.2) is 4.98 Å². The normalized spacial score (nSPS) is 9.64. The van der Waals surface area contributed by atoms with Gasteiger partial charge < -0.3 is 0 Å². The molecule has 0 atom stereocenters. The lowest BCUT2D eigenvalue weighted by Crippen LogP contribution is -2.07. The number of halogens is 1. The summed E-state index contributed by atoms with van der Waals surface area (Å²) >= 11 is 7.09. The molecule has 1 rings (SSSR count). The van der Waals surface area contributed by atoms with Crippen molar-refractivity contribution in [1.29, 1.82) is 0 Å². The molecule has 0 fully saturated rings. The standard InChI is InChI=1S/C6H8ClN3S/c1-8-10(2)4-5-3-9-6(7)11-5/h3H,1,4H2,2H3. The van der Waals surface area contributed by atoms with Crippen LogP contribution >= 0.6 is 22.9 Å². The van der Waals surface area contributed by atoms with Gasteiger partial charge in [-0.15, -0.1) is 11.3 Å². The topological polar surface area (TPSA) is 28.5 Å². The van der Waals surface area contributed by atoms with Crippen LogP contribution < -0.4 is 0 Å². The van der Waals surface area contributed by atoms with E-state index < -0.39 is 0 Å². The lowest BCUT2D eigenvalue weighted by Gasteiger charge is -2.08. The highest BCUT2D eigenvalue weighted by atomic mass is 35.5. The Morgan fingerprint density at radius 2 is 2.64 bits per heavy atom. The van der Waals surface area contributed by atoms with Crippen molar-refractivity contribution in [1.82, 2.24) is 9.99 Å². The number of thiazole rings is 1. The van der Waals surface area contributed by atoms with Gasteiger partial charge in [0.15, 0.2) is 4.47 Å². The molecule has 1 heterocycles. The van der Waals surface area contributed by atoms with E-state index in [4.69, 9.17) is 11.6 Å². The summed E-state index contributed by atoms with van der Waals surface area (Å²) < 4.78 is 0.567. The van der Waals surface area contributed by atoms with Crippen LogP contribution in [0.1, 0.15) is 4.88 Å². The Bertz CT molecular complexity index is 248. The van der Waals surface area contributed by atoms with E-state index >= 15 is 0 Å². The van der Waals surface area contributed by atoms with Crippen LogP contribution in [0.25, 0.3) is 0 Å². The van der Waals surface area contributed by atoms with E-state index in [1.807, 2.05) is 7.05 Å². The molecule has 0 saturated carbocycles. The molecule has 0 N–H and O–H groups in total. The predicted molar refractivity (Wildman–Crippen MR) is 48.1 cm³/mol. The maximum Gasteiger partial charge on any atom is 0.183 e. The molecule has 11 heavy (non-hydrogen) atoms. The highest BCUT2D eigenvalue weighted by Gasteiger charge is 2.00. The predicted octanol–water partition coefficient (Wildman–Crippen LogP) is 1.84. The highest BCUT2D eigenvalue weighted by molar-refractivity contribution is 7.15. The minimum atomic E-state index is 0.567. The number of aromatic nitrogens is 1. The van der Waals surface area contributed by atoms with Crippen molar-refractivity contribution in [2.75, 3.05) is 7.05 Å². The van der Waals surface area contributed by atoms with Gasteiger partial charge in [-0.05, 0) is 0 Å². The van der Waals surface area contributed by atoms with Crippen LogP contribution in [0.15, 0.2) is 11.3 Å². The second-order valence-electron chi connectivity index (χ2n) is 2.04. The number of hydrogen-bond donors (Lipinski definition) is 0. The van der Waals surface area contributed by atoms with E-state index in [-0.39, 0.29) is 0 Å². The van der Waals surface area contributed by atoms with Gasteiger partial charge in [-0.1, -0.05) is 11.6 Å². The average molecular weight is 190 g/mol. The van der Waals surface area contributed by atoms with Gasteiger partial charge in [-0.3, -0.25) is 5.01 Å². The zero-order valence-corrected chi connectivity index (χ0v) is 7.69. The molecule has 0 aliphatic rings. The maximum atomic E-state index is 5.63. The van der Waals surface area contributed by atoms with Gasteiger partial charge in [-0.2, -0.15) is 5.10 Å². The zero-order valence-electron chi connectivity index (χ0n) is 6.12. The fourth-order valence-electron chi connectivity index (χ4n) is 0.632. The average Bonchev–Trinajstić information content (AvgIpc) is 2.35. The van der Waals surface area contributed by atoms with Crippen LogP contribution in [0.3, 0.4) is 0 Å². The Morgan fingerprint density at radius 1 is 1.91 bits per heavy atom. The molecule has 60 valence electrons. The van der Waals surface area contributed by atoms with Crippen molar-refractivity contribution < 1.29 is 0 Å². The molecule has 0 saturated heterocycles. The summed E-state index contributed by atoms with van der Waals surface area (Å²) in [4.78, 5) is 4.99. The molecule has 0 aromatic carbocycles. The van der Waals surface area contributed by atoms with E-state index in [9.17, 15) is 0 Å². The fourth-order valence-corrected chi connectivity index (χ4v) is 1.66. The molecule has 3 nitrogen and oxygen atoms in total. The van der Waals surface area contributed by atoms with Crippen LogP contribution in [-0.4, -0.2) is 23.8 Å². The Hall–Kier alpha value is -0.610. The first-order valence-electron chi connectivity index (χ1n) is 3.00. The zero-order chi connectivity index (χ0) is 8.27. The van der Waals surface area contributed by atoms with Crippen LogP contribution in [-0.2, 0) is 6.54 Å². The molecule has 0 amide bonds. The Kier molecular flexibility index (Phi) is 2.84. The summed E-state index contributed by atoms with van der Waals surface area (Å²) in [6.07, 6.45) is 1.74. The molecule has 0 aliphatic carbocycles. The number of hydrazone groups is 1. The first kappa shape index (κ1) is 8.49. The number of nitrogens with zero attached hydrogens (tertiary/aromatic N) is 3. The summed E-state index contributed by atoms with van der Waals surface area (Å²) in [5, 5.41) is 5.44. The number of rotatable bonds is 3. The second kappa shape index (κ2) is 3.69. The van der Waals surface area contributed by atoms with E-state index in [1.54, 1.807) is 11.2 Å². The summed E-state index contributed by atoms with van der Waals surface area (Å²) in [5.41, 5.74) is 0. The molecule has 0 radical (unpaired) electrons. The first-order valence-corrected chi connectivity index (χ1v) is 4.20. The van der Waals surface area contributed by atoms with Gasteiger partial charge in [0.1, 0.15) is 0 Å². The molecular weight excluding hydrogens is 182 g/mol. The largest absolute Gasteiger partial charge is 0.295 e. The lowest BCUT2D eigenvalue weighted by atomic mass is 10.5. The molecule has 0 aliphatic heterocycles. The van der Waals surface area contributed by atoms with Crippen molar-refractivity contribution in [2.24, 2.45) is 5.10 Å². The minimum Gasteiger partial charge on any atom is -0.295 e.